The lowest BCUT2D eigenvalue weighted by Crippen LogP contribution is -2.40. The quantitative estimate of drug-likeness (QED) is 0.583. The minimum Gasteiger partial charge on any atom is -0.431 e. The molecule has 6 nitrogen and oxygen atoms in total. The number of fused-ring (bicyclic) bond motifs is 1. The number of carbonyl (C=O) groups excluding carboxylic acids is 1. The van der Waals surface area contributed by atoms with Crippen LogP contribution >= 0.6 is 11.8 Å². The maximum atomic E-state index is 12.6. The van der Waals surface area contributed by atoms with E-state index in [2.05, 4.69) is 34.6 Å². The van der Waals surface area contributed by atoms with Gasteiger partial charge in [-0.3, -0.25) is 4.79 Å². The number of piperidine rings is 1. The Balaban J connectivity index is 1.26. The van der Waals surface area contributed by atoms with E-state index < -0.39 is 0 Å². The van der Waals surface area contributed by atoms with Crippen molar-refractivity contribution in [1.82, 2.24) is 19.4 Å². The molecule has 1 aliphatic rings. The first-order valence-corrected chi connectivity index (χ1v) is 10.9. The molecule has 2 aromatic heterocycles. The van der Waals surface area contributed by atoms with Crippen LogP contribution in [0.15, 0.2) is 46.3 Å². The van der Waals surface area contributed by atoms with Crippen molar-refractivity contribution in [2.45, 2.75) is 44.4 Å². The van der Waals surface area contributed by atoms with Gasteiger partial charge in [-0.05, 0) is 30.9 Å². The van der Waals surface area contributed by atoms with Crippen molar-refractivity contribution in [2.24, 2.45) is 5.92 Å². The maximum absolute atomic E-state index is 12.6. The van der Waals surface area contributed by atoms with E-state index in [1.807, 2.05) is 35.4 Å². The molecule has 0 spiro atoms. The van der Waals surface area contributed by atoms with Gasteiger partial charge in [0.15, 0.2) is 5.58 Å². The molecule has 0 N–H and O–H groups in total. The Hall–Kier alpha value is -2.28. The number of oxazole rings is 1. The second-order valence-corrected chi connectivity index (χ2v) is 8.58. The van der Waals surface area contributed by atoms with Crippen LogP contribution in [0.25, 0.3) is 11.1 Å². The van der Waals surface area contributed by atoms with E-state index in [1.165, 1.54) is 11.8 Å². The first kappa shape index (κ1) is 19.1. The number of nitrogens with zero attached hydrogens (tertiary/aromatic N) is 4. The van der Waals surface area contributed by atoms with Crippen LogP contribution < -0.4 is 0 Å². The predicted octanol–water partition coefficient (Wildman–Crippen LogP) is 4.18. The largest absolute Gasteiger partial charge is 0.431 e. The molecule has 0 saturated carbocycles. The molecule has 3 aromatic rings. The molecule has 1 aromatic carbocycles. The van der Waals surface area contributed by atoms with Gasteiger partial charge in [-0.25, -0.2) is 9.97 Å². The van der Waals surface area contributed by atoms with Crippen LogP contribution in [0.4, 0.5) is 0 Å². The number of amides is 1. The van der Waals surface area contributed by atoms with Crippen molar-refractivity contribution in [3.63, 3.8) is 0 Å². The van der Waals surface area contributed by atoms with Crippen LogP contribution in [0.3, 0.4) is 0 Å². The van der Waals surface area contributed by atoms with Crippen LogP contribution in [0, 0.1) is 5.92 Å². The monoisotopic (exact) mass is 398 g/mol. The molecule has 1 amide bonds. The average Bonchev–Trinajstić information content (AvgIpc) is 3.33. The highest BCUT2D eigenvalue weighted by Crippen LogP contribution is 2.25. The number of para-hydroxylation sites is 2. The summed E-state index contributed by atoms with van der Waals surface area (Å²) < 4.78 is 7.96. The molecule has 148 valence electrons. The summed E-state index contributed by atoms with van der Waals surface area (Å²) in [6.07, 6.45) is 6.03. The van der Waals surface area contributed by atoms with Crippen molar-refractivity contribution in [3.8, 4) is 0 Å². The van der Waals surface area contributed by atoms with Crippen LogP contribution in [0.1, 0.15) is 38.4 Å². The van der Waals surface area contributed by atoms with Crippen molar-refractivity contribution in [3.05, 3.63) is 42.5 Å². The number of thioether (sulfide) groups is 1. The van der Waals surface area contributed by atoms with Gasteiger partial charge in [-0.2, -0.15) is 0 Å². The Morgan fingerprint density at radius 1 is 1.29 bits per heavy atom. The smallest absolute Gasteiger partial charge is 0.257 e. The number of aromatic nitrogens is 3. The standard InChI is InChI=1S/C21H26N4O2S/c1-15(2)20-22-9-12-25(20)13-16-7-10-24(11-8-16)19(26)14-28-21-23-17-5-3-4-6-18(17)27-21/h3-6,9,12,15-16H,7-8,10-11,13-14H2,1-2H3. The van der Waals surface area contributed by atoms with Crippen LogP contribution in [0.2, 0.25) is 0 Å². The van der Waals surface area contributed by atoms with Gasteiger partial charge in [0.2, 0.25) is 5.91 Å². The summed E-state index contributed by atoms with van der Waals surface area (Å²) >= 11 is 1.38. The van der Waals surface area contributed by atoms with Gasteiger partial charge >= 0.3 is 0 Å². The van der Waals surface area contributed by atoms with E-state index in [1.54, 1.807) is 0 Å². The maximum Gasteiger partial charge on any atom is 0.257 e. The Bertz CT molecular complexity index is 908. The molecular weight excluding hydrogens is 372 g/mol. The van der Waals surface area contributed by atoms with Crippen LogP contribution in [-0.2, 0) is 11.3 Å². The van der Waals surface area contributed by atoms with Crippen molar-refractivity contribution < 1.29 is 9.21 Å². The van der Waals surface area contributed by atoms with Gasteiger partial charge in [-0.15, -0.1) is 0 Å². The van der Waals surface area contributed by atoms with Gasteiger partial charge in [-0.1, -0.05) is 37.7 Å². The number of imidazole rings is 1. The molecule has 0 aliphatic carbocycles. The van der Waals surface area contributed by atoms with Crippen molar-refractivity contribution in [2.75, 3.05) is 18.8 Å². The van der Waals surface area contributed by atoms with Gasteiger partial charge in [0.25, 0.3) is 5.22 Å². The SMILES string of the molecule is CC(C)c1nccn1CC1CCN(C(=O)CSc2nc3ccccc3o2)CC1. The highest BCUT2D eigenvalue weighted by atomic mass is 32.2. The summed E-state index contributed by atoms with van der Waals surface area (Å²) in [7, 11) is 0. The minimum atomic E-state index is 0.163. The molecule has 3 heterocycles. The zero-order valence-electron chi connectivity index (χ0n) is 16.4. The topological polar surface area (TPSA) is 64.2 Å². The van der Waals surface area contributed by atoms with E-state index in [0.717, 1.165) is 49.4 Å². The Morgan fingerprint density at radius 2 is 2.07 bits per heavy atom. The number of benzene rings is 1. The van der Waals surface area contributed by atoms with E-state index >= 15 is 0 Å². The predicted molar refractivity (Wildman–Crippen MR) is 110 cm³/mol. The van der Waals surface area contributed by atoms with Gasteiger partial charge in [0.1, 0.15) is 11.3 Å². The second kappa shape index (κ2) is 8.39. The number of hydrogen-bond donors (Lipinski definition) is 0. The number of carbonyl (C=O) groups is 1. The molecule has 1 aliphatic heterocycles. The first-order chi connectivity index (χ1) is 13.6. The number of rotatable bonds is 6. The lowest BCUT2D eigenvalue weighted by atomic mass is 9.96. The molecule has 0 bridgehead atoms. The first-order valence-electron chi connectivity index (χ1n) is 9.87. The summed E-state index contributed by atoms with van der Waals surface area (Å²) in [5.74, 6) is 2.71. The summed E-state index contributed by atoms with van der Waals surface area (Å²) in [5, 5.41) is 0.561. The zero-order chi connectivity index (χ0) is 19.5. The third-order valence-electron chi connectivity index (χ3n) is 5.28. The normalized spacial score (nSPS) is 15.6. The third-order valence-corrected chi connectivity index (χ3v) is 6.09. The summed E-state index contributed by atoms with van der Waals surface area (Å²) in [4.78, 5) is 23.4. The van der Waals surface area contributed by atoms with E-state index in [-0.39, 0.29) is 5.91 Å². The molecule has 28 heavy (non-hydrogen) atoms. The fourth-order valence-electron chi connectivity index (χ4n) is 3.75. The Labute approximate surface area is 169 Å². The number of hydrogen-bond acceptors (Lipinski definition) is 5. The molecule has 7 heteroatoms. The molecule has 4 rings (SSSR count). The lowest BCUT2D eigenvalue weighted by molar-refractivity contribution is -0.129. The third kappa shape index (κ3) is 4.24. The highest BCUT2D eigenvalue weighted by Gasteiger charge is 2.24. The lowest BCUT2D eigenvalue weighted by Gasteiger charge is -2.32. The van der Waals surface area contributed by atoms with Crippen LogP contribution in [-0.4, -0.2) is 44.2 Å². The van der Waals surface area contributed by atoms with Crippen molar-refractivity contribution >= 4 is 28.8 Å². The summed E-state index contributed by atoms with van der Waals surface area (Å²) in [6.45, 7) is 6.99. The number of likely N-dealkylation sites (tertiary alicyclic amines) is 1. The Morgan fingerprint density at radius 3 is 2.82 bits per heavy atom. The van der Waals surface area contributed by atoms with Gasteiger partial charge in [0.05, 0.1) is 5.75 Å². The fourth-order valence-corrected chi connectivity index (χ4v) is 4.49. The van der Waals surface area contributed by atoms with Gasteiger partial charge < -0.3 is 13.9 Å². The molecule has 1 saturated heterocycles. The summed E-state index contributed by atoms with van der Waals surface area (Å²) in [5.41, 5.74) is 1.59. The molecule has 0 atom stereocenters. The highest BCUT2D eigenvalue weighted by molar-refractivity contribution is 7.99. The Kier molecular flexibility index (Phi) is 5.71. The molecule has 0 radical (unpaired) electrons. The van der Waals surface area contributed by atoms with Gasteiger partial charge in [0, 0.05) is 37.9 Å². The molecular formula is C21H26N4O2S. The van der Waals surface area contributed by atoms with Crippen LogP contribution in [0.5, 0.6) is 0 Å². The average molecular weight is 399 g/mol. The fraction of sp³-hybridized carbons (Fsp3) is 0.476. The van der Waals surface area contributed by atoms with E-state index in [0.29, 0.717) is 22.8 Å². The molecule has 1 fully saturated rings. The summed E-state index contributed by atoms with van der Waals surface area (Å²) in [6, 6.07) is 7.66. The van der Waals surface area contributed by atoms with E-state index in [9.17, 15) is 4.79 Å². The van der Waals surface area contributed by atoms with E-state index in [4.69, 9.17) is 4.42 Å². The zero-order valence-corrected chi connectivity index (χ0v) is 17.2. The molecule has 0 unspecified atom stereocenters. The minimum absolute atomic E-state index is 0.163. The van der Waals surface area contributed by atoms with Crippen molar-refractivity contribution in [1.29, 1.82) is 0 Å². The second-order valence-electron chi connectivity index (χ2n) is 7.65.